The molecule has 1 rings (SSSR count). The highest BCUT2D eigenvalue weighted by Gasteiger charge is 2.26. The van der Waals surface area contributed by atoms with Crippen LogP contribution in [0.2, 0.25) is 0 Å². The molecule has 9 heteroatoms. The average molecular weight is 363 g/mol. The van der Waals surface area contributed by atoms with Gasteiger partial charge in [0.1, 0.15) is 0 Å². The zero-order valence-electron chi connectivity index (χ0n) is 12.9. The molecule has 0 aliphatic heterocycles. The lowest BCUT2D eigenvalue weighted by molar-refractivity contribution is -0.137. The first-order valence-corrected chi connectivity index (χ1v) is 8.92. The summed E-state index contributed by atoms with van der Waals surface area (Å²) in [4.78, 5) is 21.6. The molecule has 0 saturated carbocycles. The molecule has 0 fully saturated rings. The van der Waals surface area contributed by atoms with Crippen LogP contribution >= 0.6 is 0 Å². The van der Waals surface area contributed by atoms with E-state index in [4.69, 9.17) is 5.11 Å². The van der Waals surface area contributed by atoms with E-state index in [0.717, 1.165) is 25.0 Å². The number of nitrogens with one attached hydrogen (secondary N) is 1. The molecule has 0 spiro atoms. The maximum Gasteiger partial charge on any atom is 0.341 e. The second-order valence-electron chi connectivity index (χ2n) is 5.14. The molecular weight excluding hydrogens is 344 g/mol. The third-order valence-corrected chi connectivity index (χ3v) is 4.68. The summed E-state index contributed by atoms with van der Waals surface area (Å²) in [6.45, 7) is 0.392. The van der Waals surface area contributed by atoms with E-state index in [1.54, 1.807) is 0 Å². The van der Waals surface area contributed by atoms with Gasteiger partial charge in [-0.15, -0.1) is 0 Å². The molecule has 1 aromatic rings. The number of carbonyl (C=O) groups excluding carboxylic acids is 1. The van der Waals surface area contributed by atoms with Crippen LogP contribution in [0.3, 0.4) is 0 Å². The van der Waals surface area contributed by atoms with Crippen molar-refractivity contribution in [2.24, 2.45) is 0 Å². The first-order chi connectivity index (χ1) is 11.2. The van der Waals surface area contributed by atoms with Crippen molar-refractivity contribution in [2.45, 2.75) is 42.8 Å². The van der Waals surface area contributed by atoms with Crippen molar-refractivity contribution in [1.82, 2.24) is 5.32 Å². The number of halogens is 2. The molecular formula is C15H19F2NO5S. The predicted octanol–water partition coefficient (Wildman–Crippen LogP) is 2.45. The Labute approximate surface area is 138 Å². The van der Waals surface area contributed by atoms with Gasteiger partial charge in [-0.1, -0.05) is 12.8 Å². The number of carboxylic acid groups (broad SMARTS) is 1. The van der Waals surface area contributed by atoms with Crippen LogP contribution in [0.4, 0.5) is 8.78 Å². The van der Waals surface area contributed by atoms with Crippen LogP contribution in [0.5, 0.6) is 0 Å². The Morgan fingerprint density at radius 2 is 1.62 bits per heavy atom. The molecule has 134 valence electrons. The summed E-state index contributed by atoms with van der Waals surface area (Å²) in [6, 6.07) is 4.31. The highest BCUT2D eigenvalue weighted by atomic mass is 32.2. The second kappa shape index (κ2) is 9.31. The van der Waals surface area contributed by atoms with Crippen LogP contribution < -0.4 is 5.32 Å². The van der Waals surface area contributed by atoms with Gasteiger partial charge >= 0.3 is 11.7 Å². The fraction of sp³-hybridized carbons (Fsp3) is 0.467. The van der Waals surface area contributed by atoms with Gasteiger partial charge in [0, 0.05) is 18.5 Å². The molecule has 0 aromatic heterocycles. The summed E-state index contributed by atoms with van der Waals surface area (Å²) >= 11 is 0. The van der Waals surface area contributed by atoms with Gasteiger partial charge in [0.2, 0.25) is 9.84 Å². The Morgan fingerprint density at radius 3 is 2.17 bits per heavy atom. The lowest BCUT2D eigenvalue weighted by Gasteiger charge is -2.07. The van der Waals surface area contributed by atoms with Gasteiger partial charge in [-0.2, -0.15) is 8.78 Å². The van der Waals surface area contributed by atoms with Gasteiger partial charge in [0.25, 0.3) is 5.91 Å². The highest BCUT2D eigenvalue weighted by Crippen LogP contribution is 2.18. The van der Waals surface area contributed by atoms with E-state index in [1.165, 1.54) is 12.1 Å². The quantitative estimate of drug-likeness (QED) is 0.622. The Bertz CT molecular complexity index is 659. The number of carbonyl (C=O) groups is 2. The smallest absolute Gasteiger partial charge is 0.341 e. The van der Waals surface area contributed by atoms with Gasteiger partial charge in [-0.25, -0.2) is 8.42 Å². The summed E-state index contributed by atoms with van der Waals surface area (Å²) in [7, 11) is -4.66. The van der Waals surface area contributed by atoms with Gasteiger partial charge < -0.3 is 10.4 Å². The van der Waals surface area contributed by atoms with Crippen molar-refractivity contribution in [3.8, 4) is 0 Å². The van der Waals surface area contributed by atoms with E-state index in [9.17, 15) is 26.8 Å². The van der Waals surface area contributed by atoms with E-state index >= 15 is 0 Å². The Morgan fingerprint density at radius 1 is 1.04 bits per heavy atom. The molecule has 2 N–H and O–H groups in total. The number of amides is 1. The third-order valence-electron chi connectivity index (χ3n) is 3.28. The summed E-state index contributed by atoms with van der Waals surface area (Å²) < 4.78 is 47.3. The largest absolute Gasteiger partial charge is 0.481 e. The van der Waals surface area contributed by atoms with E-state index in [1.807, 2.05) is 0 Å². The third kappa shape index (κ3) is 6.23. The zero-order chi connectivity index (χ0) is 18.2. The number of benzene rings is 1. The van der Waals surface area contributed by atoms with E-state index in [0.29, 0.717) is 19.4 Å². The van der Waals surface area contributed by atoms with E-state index < -0.39 is 32.4 Å². The molecule has 1 amide bonds. The van der Waals surface area contributed by atoms with Crippen LogP contribution in [-0.4, -0.2) is 37.7 Å². The minimum atomic E-state index is -4.66. The maximum atomic E-state index is 12.4. The maximum absolute atomic E-state index is 12.4. The minimum Gasteiger partial charge on any atom is -0.481 e. The van der Waals surface area contributed by atoms with Gasteiger partial charge in [0.05, 0.1) is 4.90 Å². The molecule has 1 aromatic carbocycles. The van der Waals surface area contributed by atoms with Crippen LogP contribution in [0.1, 0.15) is 42.5 Å². The molecule has 6 nitrogen and oxygen atoms in total. The molecule has 0 aliphatic carbocycles. The standard InChI is InChI=1S/C15H19F2NO5S/c16-15(17)24(22,23)12-8-6-11(7-9-12)14(21)18-10-4-2-1-3-5-13(19)20/h6-9,15H,1-5,10H2,(H,18,21)(H,19,20). The normalized spacial score (nSPS) is 11.5. The average Bonchev–Trinajstić information content (AvgIpc) is 2.53. The lowest BCUT2D eigenvalue weighted by Crippen LogP contribution is -2.24. The highest BCUT2D eigenvalue weighted by molar-refractivity contribution is 7.91. The summed E-state index contributed by atoms with van der Waals surface area (Å²) in [5.74, 6) is -4.76. The zero-order valence-corrected chi connectivity index (χ0v) is 13.7. The molecule has 0 aliphatic rings. The SMILES string of the molecule is O=C(O)CCCCCCNC(=O)c1ccc(S(=O)(=O)C(F)F)cc1. The number of hydrogen-bond donors (Lipinski definition) is 2. The summed E-state index contributed by atoms with van der Waals surface area (Å²) in [5, 5.41) is 11.1. The number of carboxylic acids is 1. The predicted molar refractivity (Wildman–Crippen MR) is 82.7 cm³/mol. The van der Waals surface area contributed by atoms with Crippen LogP contribution in [0, 0.1) is 0 Å². The summed E-state index contributed by atoms with van der Waals surface area (Å²) in [5.41, 5.74) is 0.175. The molecule has 0 heterocycles. The molecule has 0 saturated heterocycles. The van der Waals surface area contributed by atoms with Crippen molar-refractivity contribution in [1.29, 1.82) is 0 Å². The topological polar surface area (TPSA) is 101 Å². The van der Waals surface area contributed by atoms with Crippen molar-refractivity contribution in [2.75, 3.05) is 6.54 Å². The lowest BCUT2D eigenvalue weighted by atomic mass is 10.1. The molecule has 0 radical (unpaired) electrons. The van der Waals surface area contributed by atoms with Gasteiger partial charge in [-0.05, 0) is 37.1 Å². The van der Waals surface area contributed by atoms with Crippen molar-refractivity contribution < 1.29 is 31.9 Å². The monoisotopic (exact) mass is 363 g/mol. The molecule has 24 heavy (non-hydrogen) atoms. The van der Waals surface area contributed by atoms with E-state index in [-0.39, 0.29) is 12.0 Å². The second-order valence-corrected chi connectivity index (χ2v) is 7.06. The number of rotatable bonds is 10. The fourth-order valence-electron chi connectivity index (χ4n) is 1.96. The first kappa shape index (κ1) is 20.0. The number of hydrogen-bond acceptors (Lipinski definition) is 4. The van der Waals surface area contributed by atoms with Crippen LogP contribution in [0.25, 0.3) is 0 Å². The van der Waals surface area contributed by atoms with Crippen molar-refractivity contribution in [3.63, 3.8) is 0 Å². The molecule has 0 atom stereocenters. The molecule has 0 bridgehead atoms. The number of unbranched alkanes of at least 4 members (excludes halogenated alkanes) is 3. The molecule has 0 unspecified atom stereocenters. The first-order valence-electron chi connectivity index (χ1n) is 7.37. The van der Waals surface area contributed by atoms with Gasteiger partial charge in [0.15, 0.2) is 0 Å². The van der Waals surface area contributed by atoms with Crippen LogP contribution in [-0.2, 0) is 14.6 Å². The van der Waals surface area contributed by atoms with Crippen molar-refractivity contribution in [3.05, 3.63) is 29.8 Å². The Balaban J connectivity index is 2.40. The number of sulfone groups is 1. The Hall–Kier alpha value is -2.03. The number of alkyl halides is 2. The fourth-order valence-corrected chi connectivity index (χ4v) is 2.68. The Kier molecular flexibility index (Phi) is 7.76. The summed E-state index contributed by atoms with van der Waals surface area (Å²) in [6.07, 6.45) is 2.92. The van der Waals surface area contributed by atoms with Gasteiger partial charge in [-0.3, -0.25) is 9.59 Å². The number of aliphatic carboxylic acids is 1. The van der Waals surface area contributed by atoms with Crippen molar-refractivity contribution >= 4 is 21.7 Å². The minimum absolute atomic E-state index is 0.125. The van der Waals surface area contributed by atoms with Crippen LogP contribution in [0.15, 0.2) is 29.2 Å². The van der Waals surface area contributed by atoms with E-state index in [2.05, 4.69) is 5.32 Å².